The van der Waals surface area contributed by atoms with Crippen molar-refractivity contribution in [1.29, 1.82) is 5.26 Å². The Morgan fingerprint density at radius 3 is 3.04 bits per heavy atom. The van der Waals surface area contributed by atoms with Gasteiger partial charge in [-0.05, 0) is 43.0 Å². The van der Waals surface area contributed by atoms with Crippen LogP contribution in [0.4, 0.5) is 10.2 Å². The second-order valence-electron chi connectivity index (χ2n) is 6.16. The van der Waals surface area contributed by atoms with Crippen molar-refractivity contribution in [2.45, 2.75) is 32.3 Å². The van der Waals surface area contributed by atoms with Crippen molar-refractivity contribution in [1.82, 2.24) is 14.9 Å². The van der Waals surface area contributed by atoms with Crippen LogP contribution in [0, 0.1) is 24.1 Å². The highest BCUT2D eigenvalue weighted by Gasteiger charge is 2.21. The number of halogens is 2. The van der Waals surface area contributed by atoms with E-state index in [9.17, 15) is 9.65 Å². The van der Waals surface area contributed by atoms with Crippen LogP contribution in [0.25, 0.3) is 10.2 Å². The van der Waals surface area contributed by atoms with Crippen molar-refractivity contribution in [2.24, 2.45) is 0 Å². The van der Waals surface area contributed by atoms with Crippen molar-refractivity contribution in [3.05, 3.63) is 51.3 Å². The molecule has 0 bridgehead atoms. The fourth-order valence-corrected chi connectivity index (χ4v) is 3.84. The number of hydrogen-bond acceptors (Lipinski definition) is 6. The van der Waals surface area contributed by atoms with Gasteiger partial charge in [-0.15, -0.1) is 11.3 Å². The standard InChI is InChI=1S/C20H19ClFN5S/c1-12-6-13(7-14(9-23)18(12)22)10-27-4-2-15(3-5-27)26-19-16-8-17(21)28-20(16)25-11-24-19/h6-8,11,15H,2-5,10H2,1H3,(H,24,25,26)/i6D,7D,8D,10D2,11D,15D/hD. The Morgan fingerprint density at radius 1 is 1.50 bits per heavy atom. The smallest absolute Gasteiger partial charge is 0.162 e. The molecule has 28 heavy (non-hydrogen) atoms. The van der Waals surface area contributed by atoms with E-state index in [4.69, 9.17) is 22.6 Å². The van der Waals surface area contributed by atoms with Gasteiger partial charge in [-0.1, -0.05) is 17.6 Å². The van der Waals surface area contributed by atoms with Gasteiger partial charge in [0.1, 0.15) is 30.2 Å². The van der Waals surface area contributed by atoms with Gasteiger partial charge in [-0.3, -0.25) is 4.90 Å². The zero-order valence-electron chi connectivity index (χ0n) is 22.7. The summed E-state index contributed by atoms with van der Waals surface area (Å²) in [6, 6.07) is -1.33. The molecule has 1 fully saturated rings. The van der Waals surface area contributed by atoms with E-state index in [0.29, 0.717) is 0 Å². The number of thiophene rings is 1. The number of nitrogens with zero attached hydrogens (tertiary/aromatic N) is 4. The Kier molecular flexibility index (Phi) is 3.33. The van der Waals surface area contributed by atoms with E-state index in [1.807, 2.05) is 0 Å². The maximum absolute atomic E-state index is 14.4. The zero-order chi connectivity index (χ0) is 26.7. The number of rotatable bonds is 4. The van der Waals surface area contributed by atoms with E-state index in [1.165, 1.54) is 11.8 Å². The third kappa shape index (κ3) is 3.95. The number of benzene rings is 1. The van der Waals surface area contributed by atoms with E-state index >= 15 is 0 Å². The minimum absolute atomic E-state index is 0.0635. The van der Waals surface area contributed by atoms with Crippen LogP contribution < -0.4 is 5.31 Å². The first-order valence-corrected chi connectivity index (χ1v) is 9.61. The molecule has 3 heterocycles. The van der Waals surface area contributed by atoms with E-state index in [-0.39, 0.29) is 57.9 Å². The predicted molar refractivity (Wildman–Crippen MR) is 110 cm³/mol. The molecule has 1 aromatic carbocycles. The Hall–Kier alpha value is -2.27. The van der Waals surface area contributed by atoms with Crippen LogP contribution in [0.1, 0.15) is 39.1 Å². The molecule has 2 aromatic heterocycles. The molecule has 1 aliphatic heterocycles. The third-order valence-electron chi connectivity index (χ3n) is 4.25. The molecule has 0 amide bonds. The highest BCUT2D eigenvalue weighted by atomic mass is 35.5. The summed E-state index contributed by atoms with van der Waals surface area (Å²) >= 11 is 7.02. The molecule has 0 saturated carbocycles. The number of nitriles is 1. The number of hydrogen-bond donors (Lipinski definition) is 1. The molecule has 1 saturated heterocycles. The molecular weight excluding hydrogens is 397 g/mol. The second-order valence-corrected chi connectivity index (χ2v) is 7.76. The van der Waals surface area contributed by atoms with E-state index < -0.39 is 47.8 Å². The predicted octanol–water partition coefficient (Wildman–Crippen LogP) is 4.74. The van der Waals surface area contributed by atoms with Crippen molar-refractivity contribution in [3.63, 3.8) is 0 Å². The number of nitrogens with one attached hydrogen (secondary N) is 1. The van der Waals surface area contributed by atoms with Crippen molar-refractivity contribution >= 4 is 39.0 Å². The molecule has 0 spiro atoms. The van der Waals surface area contributed by atoms with Crippen LogP contribution in [0.15, 0.2) is 24.4 Å². The zero-order valence-corrected chi connectivity index (χ0v) is 16.3. The highest BCUT2D eigenvalue weighted by Crippen LogP contribution is 2.32. The van der Waals surface area contributed by atoms with Crippen LogP contribution in [0.2, 0.25) is 5.75 Å². The molecule has 144 valence electrons. The van der Waals surface area contributed by atoms with Gasteiger partial charge in [0.2, 0.25) is 0 Å². The summed E-state index contributed by atoms with van der Waals surface area (Å²) in [7, 11) is 0. The van der Waals surface area contributed by atoms with Gasteiger partial charge < -0.3 is 5.31 Å². The molecule has 4 rings (SSSR count). The average Bonchev–Trinajstić information content (AvgIpc) is 3.10. The van der Waals surface area contributed by atoms with Crippen LogP contribution in [0.5, 0.6) is 0 Å². The van der Waals surface area contributed by atoms with Gasteiger partial charge in [0.15, 0.2) is 1.41 Å². The van der Waals surface area contributed by atoms with Gasteiger partial charge in [0.25, 0.3) is 0 Å². The van der Waals surface area contributed by atoms with Gasteiger partial charge in [-0.2, -0.15) is 5.26 Å². The number of likely N-dealkylation sites (tertiary alicyclic amines) is 1. The molecule has 3 aromatic rings. The van der Waals surface area contributed by atoms with Crippen LogP contribution in [-0.2, 0) is 6.50 Å². The molecule has 8 heteroatoms. The van der Waals surface area contributed by atoms with Gasteiger partial charge in [0.05, 0.1) is 20.8 Å². The Bertz CT molecular complexity index is 1420. The summed E-state index contributed by atoms with van der Waals surface area (Å²) in [5.41, 5.74) is -1.29. The minimum Gasteiger partial charge on any atom is -0.367 e. The SMILES string of the molecule is [2H]c1nc(N([2H])C2([2H])CCN(C([2H])([2H])c3c([2H])c(C)c(F)c(C#N)c3[2H])CC2)c2c([2H])c(Cl)sc2n1. The summed E-state index contributed by atoms with van der Waals surface area (Å²) in [5.74, 6) is -1.13. The van der Waals surface area contributed by atoms with Crippen LogP contribution >= 0.6 is 22.9 Å². The molecule has 1 aliphatic rings. The quantitative estimate of drug-likeness (QED) is 0.656. The Balaban J connectivity index is 1.66. The van der Waals surface area contributed by atoms with Crippen molar-refractivity contribution in [3.8, 4) is 6.07 Å². The summed E-state index contributed by atoms with van der Waals surface area (Å²) in [6.07, 6.45) is -0.520. The first-order valence-electron chi connectivity index (χ1n) is 12.4. The van der Waals surface area contributed by atoms with Gasteiger partial charge in [0, 0.05) is 28.3 Å². The lowest BCUT2D eigenvalue weighted by Gasteiger charge is -2.32. The summed E-state index contributed by atoms with van der Waals surface area (Å²) < 4.78 is 81.8. The molecule has 0 radical (unpaired) electrons. The van der Waals surface area contributed by atoms with E-state index in [0.717, 1.165) is 16.6 Å². The fraction of sp³-hybridized carbons (Fsp3) is 0.350. The van der Waals surface area contributed by atoms with Crippen molar-refractivity contribution in [2.75, 3.05) is 18.4 Å². The summed E-state index contributed by atoms with van der Waals surface area (Å²) in [5, 5.41) is 10.2. The monoisotopic (exact) mass is 423 g/mol. The Labute approximate surface area is 183 Å². The lowest BCUT2D eigenvalue weighted by atomic mass is 10.0. The third-order valence-corrected chi connectivity index (χ3v) is 5.35. The number of aromatic nitrogens is 2. The lowest BCUT2D eigenvalue weighted by Crippen LogP contribution is -2.38. The molecule has 0 atom stereocenters. The molecule has 0 aliphatic carbocycles. The Morgan fingerprint density at radius 2 is 2.29 bits per heavy atom. The fourth-order valence-electron chi connectivity index (χ4n) is 2.87. The molecule has 1 N–H and O–H groups in total. The summed E-state index contributed by atoms with van der Waals surface area (Å²) in [6.45, 7) is -1.30. The van der Waals surface area contributed by atoms with E-state index in [2.05, 4.69) is 9.97 Å². The molecule has 5 nitrogen and oxygen atoms in total. The minimum atomic E-state index is -2.42. The first kappa shape index (κ1) is 11.7. The number of piperidine rings is 1. The first-order chi connectivity index (χ1) is 16.7. The normalized spacial score (nSPS) is 21.4. The van der Waals surface area contributed by atoms with Crippen LogP contribution in [0.3, 0.4) is 0 Å². The molecule has 0 unspecified atom stereocenters. The topological polar surface area (TPSA) is 64.8 Å². The van der Waals surface area contributed by atoms with Crippen LogP contribution in [-0.4, -0.2) is 34.0 Å². The maximum Gasteiger partial charge on any atom is 0.162 e. The van der Waals surface area contributed by atoms with E-state index in [1.54, 1.807) is 6.07 Å². The maximum atomic E-state index is 14.4. The summed E-state index contributed by atoms with van der Waals surface area (Å²) in [4.78, 5) is 9.46. The van der Waals surface area contributed by atoms with Gasteiger partial charge in [-0.25, -0.2) is 14.4 Å². The van der Waals surface area contributed by atoms with Gasteiger partial charge >= 0.3 is 0 Å². The lowest BCUT2D eigenvalue weighted by molar-refractivity contribution is 0.211. The average molecular weight is 424 g/mol. The second kappa shape index (κ2) is 8.00. The molecular formula is C20H19ClFN5S. The largest absolute Gasteiger partial charge is 0.367 e. The number of fused-ring (bicyclic) bond motifs is 1. The van der Waals surface area contributed by atoms with Crippen molar-refractivity contribution < 1.29 is 15.4 Å². The number of anilines is 1. The highest BCUT2D eigenvalue weighted by molar-refractivity contribution is 7.22.